The number of carbonyl (C=O) groups excluding carboxylic acids is 1. The van der Waals surface area contributed by atoms with Crippen LogP contribution in [0.4, 0.5) is 0 Å². The molecule has 2 aromatic rings. The minimum absolute atomic E-state index is 0.168. The predicted octanol–water partition coefficient (Wildman–Crippen LogP) is 2.44. The summed E-state index contributed by atoms with van der Waals surface area (Å²) in [4.78, 5) is 11.7. The molecule has 3 rings (SSSR count). The van der Waals surface area contributed by atoms with E-state index in [4.69, 9.17) is 0 Å². The Morgan fingerprint density at radius 2 is 1.79 bits per heavy atom. The lowest BCUT2D eigenvalue weighted by Crippen LogP contribution is -2.23. The summed E-state index contributed by atoms with van der Waals surface area (Å²) in [7, 11) is -2.23. The van der Waals surface area contributed by atoms with Crippen LogP contribution in [-0.2, 0) is 34.1 Å². The summed E-state index contributed by atoms with van der Waals surface area (Å²) >= 11 is 0. The first-order valence-electron chi connectivity index (χ1n) is 7.78. The molecule has 2 aromatic carbocycles. The van der Waals surface area contributed by atoms with E-state index >= 15 is 0 Å². The van der Waals surface area contributed by atoms with E-state index in [9.17, 15) is 13.2 Å². The maximum atomic E-state index is 12.4. The van der Waals surface area contributed by atoms with Crippen molar-refractivity contribution < 1.29 is 17.9 Å². The van der Waals surface area contributed by atoms with Gasteiger partial charge in [0.25, 0.3) is 0 Å². The highest BCUT2D eigenvalue weighted by Crippen LogP contribution is 2.24. The van der Waals surface area contributed by atoms with Gasteiger partial charge in [-0.05, 0) is 60.2 Å². The van der Waals surface area contributed by atoms with Crippen molar-refractivity contribution in [2.24, 2.45) is 0 Å². The van der Waals surface area contributed by atoms with Crippen LogP contribution in [0.5, 0.6) is 0 Å². The van der Waals surface area contributed by atoms with Crippen molar-refractivity contribution >= 4 is 16.0 Å². The van der Waals surface area contributed by atoms with Crippen LogP contribution >= 0.6 is 0 Å². The molecule has 0 aromatic heterocycles. The maximum absolute atomic E-state index is 12.4. The van der Waals surface area contributed by atoms with Crippen LogP contribution in [0.2, 0.25) is 0 Å². The summed E-state index contributed by atoms with van der Waals surface area (Å²) in [6.07, 6.45) is 3.04. The molecule has 5 nitrogen and oxygen atoms in total. The van der Waals surface area contributed by atoms with Gasteiger partial charge in [-0.2, -0.15) is 0 Å². The van der Waals surface area contributed by atoms with E-state index in [2.05, 4.69) is 9.46 Å². The molecule has 24 heavy (non-hydrogen) atoms. The van der Waals surface area contributed by atoms with Gasteiger partial charge in [-0.25, -0.2) is 17.9 Å². The number of nitrogens with one attached hydrogen (secondary N) is 1. The number of benzene rings is 2. The molecular weight excluding hydrogens is 326 g/mol. The van der Waals surface area contributed by atoms with Gasteiger partial charge in [-0.3, -0.25) is 0 Å². The first-order chi connectivity index (χ1) is 11.5. The molecule has 0 amide bonds. The molecule has 6 heteroatoms. The molecule has 0 spiro atoms. The number of fused-ring (bicyclic) bond motifs is 1. The Hall–Kier alpha value is -2.18. The standard InChI is InChI=1S/C18H19NO4S/c1-23-18(20)15-7-5-13(6-8-15)12-19-24(21,22)17-10-9-14-3-2-4-16(14)11-17/h5-11,19H,2-4,12H2,1H3. The summed E-state index contributed by atoms with van der Waals surface area (Å²) in [5, 5.41) is 0. The fraction of sp³-hybridized carbons (Fsp3) is 0.278. The zero-order valence-corrected chi connectivity index (χ0v) is 14.2. The quantitative estimate of drug-likeness (QED) is 0.845. The lowest BCUT2D eigenvalue weighted by Gasteiger charge is -2.09. The highest BCUT2D eigenvalue weighted by molar-refractivity contribution is 7.89. The second kappa shape index (κ2) is 6.75. The number of aryl methyl sites for hydroxylation is 2. The molecule has 1 N–H and O–H groups in total. The first kappa shape index (κ1) is 16.7. The third-order valence-corrected chi connectivity index (χ3v) is 5.62. The third-order valence-electron chi connectivity index (χ3n) is 4.22. The van der Waals surface area contributed by atoms with Gasteiger partial charge in [0.2, 0.25) is 10.0 Å². The molecule has 0 heterocycles. The normalized spacial score (nSPS) is 13.5. The Labute approximate surface area is 141 Å². The van der Waals surface area contributed by atoms with Crippen LogP contribution in [0, 0.1) is 0 Å². The molecule has 0 unspecified atom stereocenters. The molecule has 0 bridgehead atoms. The highest BCUT2D eigenvalue weighted by Gasteiger charge is 2.18. The minimum atomic E-state index is -3.55. The topological polar surface area (TPSA) is 72.5 Å². The van der Waals surface area contributed by atoms with Gasteiger partial charge in [0, 0.05) is 6.54 Å². The molecule has 0 fully saturated rings. The van der Waals surface area contributed by atoms with Crippen LogP contribution in [0.15, 0.2) is 47.4 Å². The van der Waals surface area contributed by atoms with Crippen molar-refractivity contribution in [2.75, 3.05) is 7.11 Å². The number of hydrogen-bond acceptors (Lipinski definition) is 4. The summed E-state index contributed by atoms with van der Waals surface area (Å²) in [5.41, 5.74) is 3.57. The van der Waals surface area contributed by atoms with Gasteiger partial charge in [-0.15, -0.1) is 0 Å². The summed E-state index contributed by atoms with van der Waals surface area (Å²) < 4.78 is 32.1. The van der Waals surface area contributed by atoms with E-state index in [1.165, 1.54) is 12.7 Å². The van der Waals surface area contributed by atoms with E-state index in [0.717, 1.165) is 30.4 Å². The van der Waals surface area contributed by atoms with Gasteiger partial charge in [-0.1, -0.05) is 18.2 Å². The Balaban J connectivity index is 1.70. The number of ether oxygens (including phenoxy) is 1. The van der Waals surface area contributed by atoms with Gasteiger partial charge in [0.1, 0.15) is 0 Å². The first-order valence-corrected chi connectivity index (χ1v) is 9.26. The van der Waals surface area contributed by atoms with Crippen molar-refractivity contribution in [3.63, 3.8) is 0 Å². The van der Waals surface area contributed by atoms with Gasteiger partial charge >= 0.3 is 5.97 Å². The molecule has 0 atom stereocenters. The van der Waals surface area contributed by atoms with E-state index < -0.39 is 16.0 Å². The van der Waals surface area contributed by atoms with Crippen LogP contribution in [0.1, 0.15) is 33.5 Å². The summed E-state index contributed by atoms with van der Waals surface area (Å²) in [5.74, 6) is -0.416. The Morgan fingerprint density at radius 1 is 1.08 bits per heavy atom. The molecule has 0 saturated carbocycles. The average Bonchev–Trinajstić information content (AvgIpc) is 3.07. The molecule has 1 aliphatic carbocycles. The van der Waals surface area contributed by atoms with Crippen molar-refractivity contribution in [1.82, 2.24) is 4.72 Å². The average molecular weight is 345 g/mol. The Morgan fingerprint density at radius 3 is 2.50 bits per heavy atom. The molecule has 0 saturated heterocycles. The Bertz CT molecular complexity index is 857. The number of methoxy groups -OCH3 is 1. The Kier molecular flexibility index (Phi) is 4.69. The fourth-order valence-electron chi connectivity index (χ4n) is 2.85. The fourth-order valence-corrected chi connectivity index (χ4v) is 3.92. The predicted molar refractivity (Wildman–Crippen MR) is 90.3 cm³/mol. The van der Waals surface area contributed by atoms with E-state index in [0.29, 0.717) is 10.5 Å². The van der Waals surface area contributed by atoms with Crippen molar-refractivity contribution in [1.29, 1.82) is 0 Å². The SMILES string of the molecule is COC(=O)c1ccc(CNS(=O)(=O)c2ccc3c(c2)CCC3)cc1. The molecule has 0 radical (unpaired) electrons. The van der Waals surface area contributed by atoms with Crippen molar-refractivity contribution in [3.05, 3.63) is 64.7 Å². The smallest absolute Gasteiger partial charge is 0.337 e. The van der Waals surface area contributed by atoms with Crippen molar-refractivity contribution in [3.8, 4) is 0 Å². The zero-order valence-electron chi connectivity index (χ0n) is 13.4. The summed E-state index contributed by atoms with van der Waals surface area (Å²) in [6, 6.07) is 12.0. The number of esters is 1. The third kappa shape index (κ3) is 3.49. The number of sulfonamides is 1. The zero-order chi connectivity index (χ0) is 17.2. The van der Waals surface area contributed by atoms with E-state index in [1.54, 1.807) is 36.4 Å². The van der Waals surface area contributed by atoms with Crippen LogP contribution in [-0.4, -0.2) is 21.5 Å². The van der Waals surface area contributed by atoms with Gasteiger partial charge < -0.3 is 4.74 Å². The van der Waals surface area contributed by atoms with Gasteiger partial charge in [0.05, 0.1) is 17.6 Å². The second-order valence-electron chi connectivity index (χ2n) is 5.80. The molecule has 1 aliphatic rings. The largest absolute Gasteiger partial charge is 0.465 e. The van der Waals surface area contributed by atoms with Gasteiger partial charge in [0.15, 0.2) is 0 Å². The van der Waals surface area contributed by atoms with Crippen LogP contribution in [0.3, 0.4) is 0 Å². The number of carbonyl (C=O) groups is 1. The minimum Gasteiger partial charge on any atom is -0.465 e. The van der Waals surface area contributed by atoms with Crippen LogP contribution < -0.4 is 4.72 Å². The molecular formula is C18H19NO4S. The molecule has 126 valence electrons. The lowest BCUT2D eigenvalue weighted by atomic mass is 10.1. The van der Waals surface area contributed by atoms with E-state index in [1.807, 2.05) is 6.07 Å². The lowest BCUT2D eigenvalue weighted by molar-refractivity contribution is 0.0600. The number of hydrogen-bond donors (Lipinski definition) is 1. The van der Waals surface area contributed by atoms with Crippen LogP contribution in [0.25, 0.3) is 0 Å². The summed E-state index contributed by atoms with van der Waals surface area (Å²) in [6.45, 7) is 0.168. The highest BCUT2D eigenvalue weighted by atomic mass is 32.2. The second-order valence-corrected chi connectivity index (χ2v) is 7.56. The number of rotatable bonds is 5. The van der Waals surface area contributed by atoms with Crippen molar-refractivity contribution in [2.45, 2.75) is 30.7 Å². The maximum Gasteiger partial charge on any atom is 0.337 e. The van der Waals surface area contributed by atoms with E-state index in [-0.39, 0.29) is 6.54 Å². The monoisotopic (exact) mass is 345 g/mol. The molecule has 0 aliphatic heterocycles.